The number of aromatic hydroxyl groups is 2. The van der Waals surface area contributed by atoms with Crippen molar-refractivity contribution in [2.75, 3.05) is 0 Å². The molecule has 0 bridgehead atoms. The number of phenolic OH excluding ortho intramolecular Hbond substituents is 2. The zero-order chi connectivity index (χ0) is 26.0. The van der Waals surface area contributed by atoms with Crippen LogP contribution in [-0.2, 0) is 4.79 Å². The van der Waals surface area contributed by atoms with Crippen LogP contribution in [0.1, 0.15) is 98.2 Å². The van der Waals surface area contributed by atoms with Gasteiger partial charge in [-0.15, -0.1) is 0 Å². The van der Waals surface area contributed by atoms with Crippen LogP contribution in [-0.4, -0.2) is 43.5 Å². The lowest BCUT2D eigenvalue weighted by atomic mass is 9.78. The Bertz CT molecular complexity index is 715. The first kappa shape index (κ1) is 30.4. The molecule has 6 heteroatoms. The minimum Gasteiger partial charge on any atom is -0.508 e. The van der Waals surface area contributed by atoms with Crippen molar-refractivity contribution in [2.24, 2.45) is 29.6 Å². The van der Waals surface area contributed by atoms with Crippen LogP contribution in [0.25, 0.3) is 0 Å². The fourth-order valence-corrected chi connectivity index (χ4v) is 5.20. The summed E-state index contributed by atoms with van der Waals surface area (Å²) >= 11 is 0. The Morgan fingerprint density at radius 3 is 1.94 bits per heavy atom. The predicted octanol–water partition coefficient (Wildman–Crippen LogP) is 5.35. The van der Waals surface area contributed by atoms with Crippen LogP contribution in [0, 0.1) is 29.6 Å². The molecule has 1 aromatic carbocycles. The first-order valence-corrected chi connectivity index (χ1v) is 13.0. The third-order valence-electron chi connectivity index (χ3n) is 7.34. The molecule has 1 rings (SSSR count). The topological polar surface area (TPSA) is 118 Å². The molecule has 0 saturated carbocycles. The molecular weight excluding hydrogens is 432 g/mol. The Morgan fingerprint density at radius 2 is 1.41 bits per heavy atom. The summed E-state index contributed by atoms with van der Waals surface area (Å²) in [6, 6.07) is 3.97. The van der Waals surface area contributed by atoms with Crippen molar-refractivity contribution in [3.05, 3.63) is 23.8 Å². The number of carbonyl (C=O) groups excluding carboxylic acids is 1. The molecule has 0 saturated heterocycles. The Morgan fingerprint density at radius 1 is 0.824 bits per heavy atom. The van der Waals surface area contributed by atoms with E-state index in [0.29, 0.717) is 36.0 Å². The van der Waals surface area contributed by atoms with E-state index in [1.54, 1.807) is 0 Å². The third kappa shape index (κ3) is 9.93. The first-order chi connectivity index (χ1) is 15.9. The van der Waals surface area contributed by atoms with Gasteiger partial charge in [0, 0.05) is 24.3 Å². The van der Waals surface area contributed by atoms with E-state index >= 15 is 0 Å². The molecule has 0 spiro atoms. The normalized spacial score (nSPS) is 19.0. The lowest BCUT2D eigenvalue weighted by Gasteiger charge is -2.33. The van der Waals surface area contributed by atoms with E-state index in [2.05, 4.69) is 13.8 Å². The molecule has 0 fully saturated rings. The minimum atomic E-state index is -1.08. The van der Waals surface area contributed by atoms with Gasteiger partial charge in [0.2, 0.25) is 0 Å². The molecule has 8 atom stereocenters. The van der Waals surface area contributed by atoms with Gasteiger partial charge in [0.25, 0.3) is 0 Å². The van der Waals surface area contributed by atoms with E-state index < -0.39 is 24.2 Å². The van der Waals surface area contributed by atoms with Crippen LogP contribution in [0.15, 0.2) is 18.2 Å². The summed E-state index contributed by atoms with van der Waals surface area (Å²) in [5.41, 5.74) is 0.342. The van der Waals surface area contributed by atoms with Crippen molar-refractivity contribution in [1.82, 2.24) is 0 Å². The highest BCUT2D eigenvalue weighted by atomic mass is 16.3. The van der Waals surface area contributed by atoms with Crippen molar-refractivity contribution in [3.63, 3.8) is 0 Å². The van der Waals surface area contributed by atoms with Crippen LogP contribution in [0.5, 0.6) is 11.5 Å². The monoisotopic (exact) mass is 480 g/mol. The number of rotatable bonds is 16. The van der Waals surface area contributed by atoms with Crippen LogP contribution in [0.3, 0.4) is 0 Å². The summed E-state index contributed by atoms with van der Waals surface area (Å²) in [7, 11) is 0. The molecule has 0 amide bonds. The van der Waals surface area contributed by atoms with Gasteiger partial charge in [-0.25, -0.2) is 0 Å². The summed E-state index contributed by atoms with van der Waals surface area (Å²) < 4.78 is 0. The van der Waals surface area contributed by atoms with E-state index in [1.165, 1.54) is 18.2 Å². The molecule has 1 unspecified atom stereocenters. The average Bonchev–Trinajstić information content (AvgIpc) is 2.76. The fraction of sp³-hybridized carbons (Fsp3) is 0.750. The van der Waals surface area contributed by atoms with Crippen molar-refractivity contribution in [2.45, 2.75) is 105 Å². The Hall–Kier alpha value is -1.63. The minimum absolute atomic E-state index is 0.0331. The molecule has 0 aromatic heterocycles. The second-order valence-electron chi connectivity index (χ2n) is 10.6. The molecular formula is C28H48O6. The van der Waals surface area contributed by atoms with Gasteiger partial charge in [-0.3, -0.25) is 4.79 Å². The predicted molar refractivity (Wildman–Crippen MR) is 136 cm³/mol. The van der Waals surface area contributed by atoms with Gasteiger partial charge in [0.05, 0.1) is 18.3 Å². The first-order valence-electron chi connectivity index (χ1n) is 13.0. The zero-order valence-corrected chi connectivity index (χ0v) is 21.9. The van der Waals surface area contributed by atoms with Gasteiger partial charge in [-0.2, -0.15) is 0 Å². The smallest absolute Gasteiger partial charge is 0.135 e. The highest BCUT2D eigenvalue weighted by Gasteiger charge is 2.33. The fourth-order valence-electron chi connectivity index (χ4n) is 5.20. The number of hydrogen-bond acceptors (Lipinski definition) is 6. The van der Waals surface area contributed by atoms with E-state index in [1.807, 2.05) is 27.7 Å². The van der Waals surface area contributed by atoms with Crippen LogP contribution in [0.4, 0.5) is 0 Å². The SMILES string of the molecule is CCC(=O)[C@H](C)C[C@@H](C)C[C@H](C)CC[C@@H](O)C[C@@H](O)[C@@H](C(C)CC)[C@@H](O)c1cc(O)cc(O)c1. The second kappa shape index (κ2) is 14.7. The van der Waals surface area contributed by atoms with Gasteiger partial charge in [0.15, 0.2) is 0 Å². The van der Waals surface area contributed by atoms with Crippen LogP contribution in [0.2, 0.25) is 0 Å². The molecule has 196 valence electrons. The number of aliphatic hydroxyl groups is 3. The van der Waals surface area contributed by atoms with Crippen molar-refractivity contribution >= 4 is 5.78 Å². The summed E-state index contributed by atoms with van der Waals surface area (Å²) in [4.78, 5) is 11.8. The zero-order valence-electron chi connectivity index (χ0n) is 21.9. The number of hydrogen-bond donors (Lipinski definition) is 5. The number of ketones is 1. The van der Waals surface area contributed by atoms with Crippen molar-refractivity contribution in [1.29, 1.82) is 0 Å². The number of benzene rings is 1. The number of carbonyl (C=O) groups is 1. The van der Waals surface area contributed by atoms with Crippen LogP contribution < -0.4 is 0 Å². The number of phenols is 2. The lowest BCUT2D eigenvalue weighted by Crippen LogP contribution is -2.34. The van der Waals surface area contributed by atoms with E-state index in [4.69, 9.17) is 0 Å². The maximum absolute atomic E-state index is 11.8. The van der Waals surface area contributed by atoms with E-state index in [-0.39, 0.29) is 29.8 Å². The highest BCUT2D eigenvalue weighted by molar-refractivity contribution is 5.80. The molecule has 0 aliphatic carbocycles. The Balaban J connectivity index is 2.66. The van der Waals surface area contributed by atoms with Gasteiger partial charge < -0.3 is 25.5 Å². The molecule has 0 aliphatic rings. The standard InChI is InChI=1S/C28H48O6/c1-7-19(5)27(28(34)21-13-23(30)15-24(31)14-21)26(33)16-22(29)10-9-17(3)11-18(4)12-20(6)25(32)8-2/h13-15,17-20,22,26-31,33-34H,7-12,16H2,1-6H3/t17-,18+,19?,20-,22-,26-,27-,28+/m1/s1. The van der Waals surface area contributed by atoms with E-state index in [0.717, 1.165) is 25.7 Å². The van der Waals surface area contributed by atoms with E-state index in [9.17, 15) is 30.3 Å². The van der Waals surface area contributed by atoms with Crippen molar-refractivity contribution < 1.29 is 30.3 Å². The summed E-state index contributed by atoms with van der Waals surface area (Å²) in [6.45, 7) is 12.2. The Labute approximate surface area is 206 Å². The summed E-state index contributed by atoms with van der Waals surface area (Å²) in [6.07, 6.45) is 2.03. The molecule has 1 aromatic rings. The average molecular weight is 481 g/mol. The number of aliphatic hydroxyl groups excluding tert-OH is 3. The molecule has 5 N–H and O–H groups in total. The molecule has 0 radical (unpaired) electrons. The Kier molecular flexibility index (Phi) is 13.1. The largest absolute Gasteiger partial charge is 0.508 e. The van der Waals surface area contributed by atoms with Crippen LogP contribution >= 0.6 is 0 Å². The lowest BCUT2D eigenvalue weighted by molar-refractivity contribution is -0.122. The van der Waals surface area contributed by atoms with Crippen molar-refractivity contribution in [3.8, 4) is 11.5 Å². The highest BCUT2D eigenvalue weighted by Crippen LogP contribution is 2.37. The quantitative estimate of drug-likeness (QED) is 0.218. The summed E-state index contributed by atoms with van der Waals surface area (Å²) in [5.74, 6) is 0.355. The number of Topliss-reactive ketones (excluding diaryl/α,β-unsaturated/α-hetero) is 1. The maximum Gasteiger partial charge on any atom is 0.135 e. The van der Waals surface area contributed by atoms with Gasteiger partial charge in [0.1, 0.15) is 17.3 Å². The molecule has 34 heavy (non-hydrogen) atoms. The molecule has 0 heterocycles. The van der Waals surface area contributed by atoms with Gasteiger partial charge in [-0.05, 0) is 67.6 Å². The van der Waals surface area contributed by atoms with Gasteiger partial charge >= 0.3 is 0 Å². The summed E-state index contributed by atoms with van der Waals surface area (Å²) in [5, 5.41) is 52.1. The molecule has 6 nitrogen and oxygen atoms in total. The second-order valence-corrected chi connectivity index (χ2v) is 10.6. The third-order valence-corrected chi connectivity index (χ3v) is 7.34. The maximum atomic E-state index is 11.8. The van der Waals surface area contributed by atoms with Gasteiger partial charge in [-0.1, -0.05) is 48.0 Å². The molecule has 0 aliphatic heterocycles.